The molecule has 3 nitrogen and oxygen atoms in total. The van der Waals surface area contributed by atoms with Gasteiger partial charge in [0, 0.05) is 12.4 Å². The normalized spacial score (nSPS) is 10.4. The highest BCUT2D eigenvalue weighted by Gasteiger charge is 2.02. The molecule has 17 heavy (non-hydrogen) atoms. The molecule has 0 fully saturated rings. The molecule has 3 heteroatoms. The van der Waals surface area contributed by atoms with E-state index >= 15 is 0 Å². The Morgan fingerprint density at radius 2 is 1.71 bits per heavy atom. The number of aromatic nitrogens is 3. The number of pyridine rings is 1. The first-order chi connectivity index (χ1) is 8.43. The lowest BCUT2D eigenvalue weighted by Gasteiger charge is -2.03. The van der Waals surface area contributed by atoms with Crippen LogP contribution >= 0.6 is 0 Å². The molecule has 0 radical (unpaired) electrons. The van der Waals surface area contributed by atoms with Gasteiger partial charge >= 0.3 is 0 Å². The molecule has 2 aromatic heterocycles. The fourth-order valence-electron chi connectivity index (χ4n) is 1.79. The molecule has 82 valence electrons. The maximum absolute atomic E-state index is 4.34. The molecule has 0 unspecified atom stereocenters. The molecule has 0 aliphatic carbocycles. The summed E-state index contributed by atoms with van der Waals surface area (Å²) in [4.78, 5) is 4.34. The molecule has 0 spiro atoms. The van der Waals surface area contributed by atoms with E-state index in [0.717, 1.165) is 17.0 Å². The van der Waals surface area contributed by atoms with Gasteiger partial charge in [-0.05, 0) is 29.3 Å². The summed E-state index contributed by atoms with van der Waals surface area (Å²) in [5.41, 5.74) is 4.19. The van der Waals surface area contributed by atoms with E-state index in [0.29, 0.717) is 0 Å². The van der Waals surface area contributed by atoms with Gasteiger partial charge in [-0.25, -0.2) is 0 Å². The highest BCUT2D eigenvalue weighted by Crippen LogP contribution is 2.22. The quantitative estimate of drug-likeness (QED) is 0.722. The second-order valence-electron chi connectivity index (χ2n) is 3.77. The van der Waals surface area contributed by atoms with Crippen LogP contribution in [0.5, 0.6) is 0 Å². The van der Waals surface area contributed by atoms with Crippen LogP contribution in [0.25, 0.3) is 22.5 Å². The molecule has 0 saturated heterocycles. The topological polar surface area (TPSA) is 41.6 Å². The molecule has 1 aromatic carbocycles. The van der Waals surface area contributed by atoms with Gasteiger partial charge < -0.3 is 0 Å². The van der Waals surface area contributed by atoms with Gasteiger partial charge in [-0.2, -0.15) is 5.10 Å². The van der Waals surface area contributed by atoms with Crippen LogP contribution in [0, 0.1) is 0 Å². The van der Waals surface area contributed by atoms with Crippen molar-refractivity contribution in [1.82, 2.24) is 15.2 Å². The van der Waals surface area contributed by atoms with Crippen molar-refractivity contribution >= 4 is 0 Å². The molecule has 0 atom stereocenters. The summed E-state index contributed by atoms with van der Waals surface area (Å²) in [5.74, 6) is 0. The highest BCUT2D eigenvalue weighted by molar-refractivity contribution is 5.68. The van der Waals surface area contributed by atoms with Gasteiger partial charge in [0.1, 0.15) is 0 Å². The van der Waals surface area contributed by atoms with Gasteiger partial charge in [-0.3, -0.25) is 10.1 Å². The molecule has 0 bridgehead atoms. The monoisotopic (exact) mass is 221 g/mol. The Labute approximate surface area is 99.2 Å². The first-order valence-corrected chi connectivity index (χ1v) is 5.45. The number of nitrogens with one attached hydrogen (secondary N) is 1. The molecule has 2 heterocycles. The van der Waals surface area contributed by atoms with E-state index < -0.39 is 0 Å². The second kappa shape index (κ2) is 4.22. The first-order valence-electron chi connectivity index (χ1n) is 5.45. The van der Waals surface area contributed by atoms with E-state index in [9.17, 15) is 0 Å². The van der Waals surface area contributed by atoms with E-state index in [1.165, 1.54) is 5.56 Å². The van der Waals surface area contributed by atoms with E-state index in [1.54, 1.807) is 6.20 Å². The van der Waals surface area contributed by atoms with Crippen LogP contribution < -0.4 is 0 Å². The predicted molar refractivity (Wildman–Crippen MR) is 67.3 cm³/mol. The minimum Gasteiger partial charge on any atom is -0.276 e. The summed E-state index contributed by atoms with van der Waals surface area (Å²) >= 11 is 0. The molecule has 1 N–H and O–H groups in total. The van der Waals surface area contributed by atoms with Gasteiger partial charge in [0.2, 0.25) is 0 Å². The molecular formula is C14H11N3. The minimum absolute atomic E-state index is 0.906. The largest absolute Gasteiger partial charge is 0.276 e. The predicted octanol–water partition coefficient (Wildman–Crippen LogP) is 3.14. The number of nitrogens with zero attached hydrogens (tertiary/aromatic N) is 2. The summed E-state index contributed by atoms with van der Waals surface area (Å²) in [6.07, 6.45) is 3.55. The van der Waals surface area contributed by atoms with E-state index in [4.69, 9.17) is 0 Å². The molecule has 0 amide bonds. The zero-order chi connectivity index (χ0) is 11.5. The third-order valence-electron chi connectivity index (χ3n) is 2.64. The first kappa shape index (κ1) is 9.78. The lowest BCUT2D eigenvalue weighted by molar-refractivity contribution is 1.09. The number of rotatable bonds is 2. The molecule has 3 aromatic rings. The molecule has 0 aliphatic heterocycles. The maximum atomic E-state index is 4.34. The van der Waals surface area contributed by atoms with E-state index in [2.05, 4.69) is 33.4 Å². The maximum Gasteiger partial charge on any atom is 0.0886 e. The minimum atomic E-state index is 0.906. The number of hydrogen-bond donors (Lipinski definition) is 1. The standard InChI is InChI=1S/C14H11N3/c1-2-4-11(5-3-1)12-6-8-15-14(10-12)13-7-9-16-17-13/h1-10H,(H,16,17). The zero-order valence-electron chi connectivity index (χ0n) is 9.17. The van der Waals surface area contributed by atoms with E-state index in [1.807, 2.05) is 36.5 Å². The fraction of sp³-hybridized carbons (Fsp3) is 0. The number of H-pyrrole nitrogens is 1. The van der Waals surface area contributed by atoms with Crippen LogP contribution in [0.3, 0.4) is 0 Å². The van der Waals surface area contributed by atoms with Gasteiger partial charge in [0.05, 0.1) is 11.4 Å². The van der Waals surface area contributed by atoms with Crippen LogP contribution in [0.1, 0.15) is 0 Å². The summed E-state index contributed by atoms with van der Waals surface area (Å²) in [7, 11) is 0. The van der Waals surface area contributed by atoms with Crippen molar-refractivity contribution in [1.29, 1.82) is 0 Å². The van der Waals surface area contributed by atoms with Crippen molar-refractivity contribution in [2.75, 3.05) is 0 Å². The second-order valence-corrected chi connectivity index (χ2v) is 3.77. The van der Waals surface area contributed by atoms with Crippen LogP contribution in [0.15, 0.2) is 60.9 Å². The summed E-state index contributed by atoms with van der Waals surface area (Å²) in [6.45, 7) is 0. The van der Waals surface area contributed by atoms with Crippen molar-refractivity contribution in [3.63, 3.8) is 0 Å². The molecule has 0 aliphatic rings. The molecular weight excluding hydrogens is 210 g/mol. The van der Waals surface area contributed by atoms with Gasteiger partial charge in [0.15, 0.2) is 0 Å². The highest BCUT2D eigenvalue weighted by atomic mass is 15.1. The smallest absolute Gasteiger partial charge is 0.0886 e. The van der Waals surface area contributed by atoms with Gasteiger partial charge in [-0.1, -0.05) is 30.3 Å². The van der Waals surface area contributed by atoms with Crippen LogP contribution in [-0.2, 0) is 0 Å². The Morgan fingerprint density at radius 1 is 0.824 bits per heavy atom. The SMILES string of the molecule is c1ccc(-c2ccnc(-c3ccn[nH]3)c2)cc1. The lowest BCUT2D eigenvalue weighted by atomic mass is 10.1. The third-order valence-corrected chi connectivity index (χ3v) is 2.64. The van der Waals surface area contributed by atoms with Crippen LogP contribution in [-0.4, -0.2) is 15.2 Å². The molecule has 0 saturated carbocycles. The van der Waals surface area contributed by atoms with Gasteiger partial charge in [-0.15, -0.1) is 0 Å². The summed E-state index contributed by atoms with van der Waals surface area (Å²) < 4.78 is 0. The molecule has 3 rings (SSSR count). The Morgan fingerprint density at radius 3 is 2.47 bits per heavy atom. The Hall–Kier alpha value is -2.42. The van der Waals surface area contributed by atoms with E-state index in [-0.39, 0.29) is 0 Å². The fourth-order valence-corrected chi connectivity index (χ4v) is 1.79. The lowest BCUT2D eigenvalue weighted by Crippen LogP contribution is -1.85. The third kappa shape index (κ3) is 1.95. The van der Waals surface area contributed by atoms with Crippen molar-refractivity contribution < 1.29 is 0 Å². The zero-order valence-corrected chi connectivity index (χ0v) is 9.17. The average Bonchev–Trinajstić information content (AvgIpc) is 2.94. The van der Waals surface area contributed by atoms with Crippen molar-refractivity contribution in [3.05, 3.63) is 60.9 Å². The Bertz CT molecular complexity index is 600. The summed E-state index contributed by atoms with van der Waals surface area (Å²) in [6, 6.07) is 16.2. The van der Waals surface area contributed by atoms with Crippen molar-refractivity contribution in [2.45, 2.75) is 0 Å². The number of aromatic amines is 1. The Kier molecular flexibility index (Phi) is 2.43. The average molecular weight is 221 g/mol. The number of hydrogen-bond acceptors (Lipinski definition) is 2. The van der Waals surface area contributed by atoms with Gasteiger partial charge in [0.25, 0.3) is 0 Å². The van der Waals surface area contributed by atoms with Crippen LogP contribution in [0.2, 0.25) is 0 Å². The Balaban J connectivity index is 2.06. The number of benzene rings is 1. The van der Waals surface area contributed by atoms with Crippen molar-refractivity contribution in [2.24, 2.45) is 0 Å². The summed E-state index contributed by atoms with van der Waals surface area (Å²) in [5, 5.41) is 6.86. The van der Waals surface area contributed by atoms with Crippen molar-refractivity contribution in [3.8, 4) is 22.5 Å². The van der Waals surface area contributed by atoms with Crippen LogP contribution in [0.4, 0.5) is 0 Å².